The van der Waals surface area contributed by atoms with Crippen LogP contribution in [0.2, 0.25) is 0 Å². The fraction of sp³-hybridized carbons (Fsp3) is 0.533. The summed E-state index contributed by atoms with van der Waals surface area (Å²) < 4.78 is 0. The van der Waals surface area contributed by atoms with E-state index in [1.807, 2.05) is 36.0 Å². The summed E-state index contributed by atoms with van der Waals surface area (Å²) in [7, 11) is 0. The second-order valence-electron chi connectivity index (χ2n) is 4.73. The number of nitrogens with zero attached hydrogens (tertiary/aromatic N) is 1. The molecule has 0 fully saturated rings. The van der Waals surface area contributed by atoms with Gasteiger partial charge in [0.05, 0.1) is 0 Å². The van der Waals surface area contributed by atoms with Gasteiger partial charge in [-0.3, -0.25) is 0 Å². The van der Waals surface area contributed by atoms with Gasteiger partial charge in [0.25, 0.3) is 0 Å². The van der Waals surface area contributed by atoms with Gasteiger partial charge in [0.1, 0.15) is 0 Å². The van der Waals surface area contributed by atoms with Crippen LogP contribution in [0.1, 0.15) is 36.8 Å². The molecule has 1 aromatic rings. The van der Waals surface area contributed by atoms with E-state index in [1.165, 1.54) is 31.4 Å². The molecular weight excluding hydrogens is 270 g/mol. The molecule has 0 amide bonds. The van der Waals surface area contributed by atoms with Crippen molar-refractivity contribution < 1.29 is 5.21 Å². The van der Waals surface area contributed by atoms with E-state index in [-0.39, 0.29) is 5.84 Å². The maximum Gasteiger partial charge on any atom is 0.170 e. The zero-order valence-electron chi connectivity index (χ0n) is 12.1. The highest BCUT2D eigenvalue weighted by Gasteiger charge is 2.05. The van der Waals surface area contributed by atoms with Gasteiger partial charge in [-0.05, 0) is 37.0 Å². The Morgan fingerprint density at radius 2 is 2.00 bits per heavy atom. The number of nitrogens with one attached hydrogen (secondary N) is 1. The van der Waals surface area contributed by atoms with Crippen molar-refractivity contribution in [1.82, 2.24) is 5.32 Å². The molecule has 4 N–H and O–H groups in total. The summed E-state index contributed by atoms with van der Waals surface area (Å²) in [6.07, 6.45) is 7.24. The van der Waals surface area contributed by atoms with E-state index in [1.54, 1.807) is 0 Å². The summed E-state index contributed by atoms with van der Waals surface area (Å²) in [5, 5.41) is 15.3. The lowest BCUT2D eigenvalue weighted by Gasteiger charge is -2.09. The van der Waals surface area contributed by atoms with E-state index in [9.17, 15) is 0 Å². The van der Waals surface area contributed by atoms with Crippen LogP contribution >= 0.6 is 11.8 Å². The molecule has 112 valence electrons. The molecule has 0 saturated heterocycles. The number of benzene rings is 1. The molecule has 0 aliphatic carbocycles. The fourth-order valence-electron chi connectivity index (χ4n) is 2.05. The zero-order valence-corrected chi connectivity index (χ0v) is 13.0. The Morgan fingerprint density at radius 1 is 1.25 bits per heavy atom. The van der Waals surface area contributed by atoms with Crippen LogP contribution in [0.4, 0.5) is 0 Å². The van der Waals surface area contributed by atoms with E-state index in [2.05, 4.69) is 16.7 Å². The number of rotatable bonds is 10. The summed E-state index contributed by atoms with van der Waals surface area (Å²) >= 11 is 1.91. The molecule has 0 aliphatic rings. The van der Waals surface area contributed by atoms with Gasteiger partial charge < -0.3 is 16.3 Å². The average molecular weight is 295 g/mol. The molecule has 0 radical (unpaired) electrons. The highest BCUT2D eigenvalue weighted by atomic mass is 32.2. The predicted molar refractivity (Wildman–Crippen MR) is 87.5 cm³/mol. The van der Waals surface area contributed by atoms with E-state index in [0.29, 0.717) is 0 Å². The highest BCUT2D eigenvalue weighted by molar-refractivity contribution is 7.98. The summed E-state index contributed by atoms with van der Waals surface area (Å²) in [6.45, 7) is 1.75. The molecule has 1 aromatic carbocycles. The number of amidine groups is 1. The van der Waals surface area contributed by atoms with Crippen LogP contribution in [-0.2, 0) is 6.54 Å². The summed E-state index contributed by atoms with van der Waals surface area (Å²) in [5.74, 6) is 1.43. The monoisotopic (exact) mass is 295 g/mol. The third-order valence-corrected chi connectivity index (χ3v) is 3.87. The average Bonchev–Trinajstić information content (AvgIpc) is 2.49. The van der Waals surface area contributed by atoms with Crippen LogP contribution in [0.5, 0.6) is 0 Å². The van der Waals surface area contributed by atoms with Gasteiger partial charge in [0.15, 0.2) is 5.84 Å². The van der Waals surface area contributed by atoms with Gasteiger partial charge >= 0.3 is 0 Å². The van der Waals surface area contributed by atoms with Gasteiger partial charge in [-0.2, -0.15) is 11.8 Å². The number of hydrogen-bond donors (Lipinski definition) is 3. The molecule has 1 rings (SSSR count). The molecule has 4 nitrogen and oxygen atoms in total. The first-order chi connectivity index (χ1) is 9.79. The quantitative estimate of drug-likeness (QED) is 0.204. The van der Waals surface area contributed by atoms with Crippen molar-refractivity contribution in [2.45, 2.75) is 32.2 Å². The standard InChI is InChI=1S/C15H25N3OS/c1-20-11-7-3-2-6-10-17-12-13-8-4-5-9-14(13)15(16)18-19/h4-5,8-9,17,19H,2-3,6-7,10-12H2,1H3,(H2,16,18). The lowest BCUT2D eigenvalue weighted by atomic mass is 10.1. The molecule has 0 spiro atoms. The van der Waals surface area contributed by atoms with Crippen molar-refractivity contribution in [1.29, 1.82) is 0 Å². The van der Waals surface area contributed by atoms with Crippen LogP contribution in [0.15, 0.2) is 29.4 Å². The van der Waals surface area contributed by atoms with Gasteiger partial charge in [0.2, 0.25) is 0 Å². The van der Waals surface area contributed by atoms with Gasteiger partial charge in [-0.15, -0.1) is 0 Å². The maximum atomic E-state index is 8.77. The van der Waals surface area contributed by atoms with Crippen LogP contribution in [0.3, 0.4) is 0 Å². The smallest absolute Gasteiger partial charge is 0.170 e. The van der Waals surface area contributed by atoms with E-state index >= 15 is 0 Å². The largest absolute Gasteiger partial charge is 0.409 e. The van der Waals surface area contributed by atoms with Crippen LogP contribution in [0.25, 0.3) is 0 Å². The van der Waals surface area contributed by atoms with Gasteiger partial charge in [-0.25, -0.2) is 0 Å². The lowest BCUT2D eigenvalue weighted by Crippen LogP contribution is -2.20. The lowest BCUT2D eigenvalue weighted by molar-refractivity contribution is 0.318. The number of nitrogens with two attached hydrogens (primary N) is 1. The Labute approximate surface area is 125 Å². The summed E-state index contributed by atoms with van der Waals surface area (Å²) in [5.41, 5.74) is 7.52. The number of unbranched alkanes of at least 4 members (excludes halogenated alkanes) is 3. The van der Waals surface area contributed by atoms with Crippen molar-refractivity contribution in [3.05, 3.63) is 35.4 Å². The Morgan fingerprint density at radius 3 is 2.75 bits per heavy atom. The van der Waals surface area contributed by atoms with Crippen molar-refractivity contribution >= 4 is 17.6 Å². The van der Waals surface area contributed by atoms with Gasteiger partial charge in [0, 0.05) is 12.1 Å². The van der Waals surface area contributed by atoms with E-state index < -0.39 is 0 Å². The van der Waals surface area contributed by atoms with Crippen LogP contribution < -0.4 is 11.1 Å². The molecule has 0 unspecified atom stereocenters. The molecule has 0 bridgehead atoms. The first-order valence-electron chi connectivity index (χ1n) is 7.05. The van der Waals surface area contributed by atoms with Gasteiger partial charge in [-0.1, -0.05) is 42.3 Å². The molecule has 0 atom stereocenters. The Hall–Kier alpha value is -1.20. The third kappa shape index (κ3) is 6.30. The number of thioether (sulfide) groups is 1. The Kier molecular flexibility index (Phi) is 8.91. The minimum atomic E-state index is 0.166. The second kappa shape index (κ2) is 10.6. The fourth-order valence-corrected chi connectivity index (χ4v) is 2.54. The predicted octanol–water partition coefficient (Wildman–Crippen LogP) is 2.79. The second-order valence-corrected chi connectivity index (χ2v) is 5.71. The third-order valence-electron chi connectivity index (χ3n) is 3.17. The molecule has 0 saturated carbocycles. The highest BCUT2D eigenvalue weighted by Crippen LogP contribution is 2.08. The SMILES string of the molecule is CSCCCCCCNCc1ccccc1/C(N)=N/O. The molecular formula is C15H25N3OS. The van der Waals surface area contributed by atoms with Crippen molar-refractivity contribution in [3.63, 3.8) is 0 Å². The summed E-state index contributed by atoms with van der Waals surface area (Å²) in [4.78, 5) is 0. The molecule has 5 heteroatoms. The first kappa shape index (κ1) is 16.9. The maximum absolute atomic E-state index is 8.77. The zero-order chi connectivity index (χ0) is 14.6. The van der Waals surface area contributed by atoms with Crippen LogP contribution in [0, 0.1) is 0 Å². The van der Waals surface area contributed by atoms with Crippen molar-refractivity contribution in [3.8, 4) is 0 Å². The minimum absolute atomic E-state index is 0.166. The van der Waals surface area contributed by atoms with E-state index in [0.717, 1.165) is 24.2 Å². The number of hydrogen-bond acceptors (Lipinski definition) is 4. The normalized spacial score (nSPS) is 11.8. The molecule has 0 heterocycles. The minimum Gasteiger partial charge on any atom is -0.409 e. The Bertz CT molecular complexity index is 410. The van der Waals surface area contributed by atoms with Crippen molar-refractivity contribution in [2.24, 2.45) is 10.9 Å². The molecule has 0 aromatic heterocycles. The first-order valence-corrected chi connectivity index (χ1v) is 8.44. The van der Waals surface area contributed by atoms with Crippen LogP contribution in [-0.4, -0.2) is 29.6 Å². The Balaban J connectivity index is 2.25. The topological polar surface area (TPSA) is 70.6 Å². The number of oxime groups is 1. The van der Waals surface area contributed by atoms with E-state index in [4.69, 9.17) is 10.9 Å². The van der Waals surface area contributed by atoms with Crippen molar-refractivity contribution in [2.75, 3.05) is 18.6 Å². The molecule has 20 heavy (non-hydrogen) atoms. The summed E-state index contributed by atoms with van der Waals surface area (Å²) in [6, 6.07) is 7.73. The molecule has 0 aliphatic heterocycles.